The largest absolute Gasteiger partial charge is 0.271 e. The van der Waals surface area contributed by atoms with Gasteiger partial charge in [-0.2, -0.15) is 5.10 Å². The Kier molecular flexibility index (Phi) is 4.72. The molecule has 5 nitrogen and oxygen atoms in total. The van der Waals surface area contributed by atoms with Gasteiger partial charge in [0.15, 0.2) is 9.84 Å². The molecule has 6 heteroatoms. The van der Waals surface area contributed by atoms with Crippen LogP contribution in [0.15, 0.2) is 58.5 Å². The number of carbonyl (C=O) groups is 1. The molecule has 0 saturated carbocycles. The average Bonchev–Trinajstić information content (AvgIpc) is 2.48. The van der Waals surface area contributed by atoms with Crippen LogP contribution in [0.3, 0.4) is 0 Å². The van der Waals surface area contributed by atoms with E-state index in [1.165, 1.54) is 24.3 Å². The number of carbonyl (C=O) groups excluding carboxylic acids is 1. The van der Waals surface area contributed by atoms with Crippen molar-refractivity contribution in [2.24, 2.45) is 5.10 Å². The standard InChI is InChI=1S/C16H16N2O3S/c1-12-3-5-13(6-4-12)11-17-18-16(19)14-7-9-15(10-8-14)22(2,20)21/h3-11H,1-2H3,(H,18,19)/b17-11+. The van der Waals surface area contributed by atoms with Crippen molar-refractivity contribution >= 4 is 22.0 Å². The lowest BCUT2D eigenvalue weighted by Gasteiger charge is -2.02. The van der Waals surface area contributed by atoms with Crippen molar-refractivity contribution in [3.05, 3.63) is 65.2 Å². The number of amides is 1. The first-order valence-electron chi connectivity index (χ1n) is 6.56. The summed E-state index contributed by atoms with van der Waals surface area (Å²) in [5, 5.41) is 3.88. The van der Waals surface area contributed by atoms with E-state index in [-0.39, 0.29) is 4.90 Å². The predicted molar refractivity (Wildman–Crippen MR) is 85.8 cm³/mol. The molecule has 2 aromatic rings. The normalized spacial score (nSPS) is 11.5. The van der Waals surface area contributed by atoms with Crippen molar-refractivity contribution < 1.29 is 13.2 Å². The second-order valence-electron chi connectivity index (χ2n) is 4.91. The average molecular weight is 316 g/mol. The summed E-state index contributed by atoms with van der Waals surface area (Å²) >= 11 is 0. The number of hydrazone groups is 1. The number of nitrogens with zero attached hydrogens (tertiary/aromatic N) is 1. The van der Waals surface area contributed by atoms with Crippen LogP contribution in [-0.2, 0) is 9.84 Å². The number of benzene rings is 2. The van der Waals surface area contributed by atoms with Gasteiger partial charge in [-0.05, 0) is 36.8 Å². The van der Waals surface area contributed by atoms with Gasteiger partial charge in [0.25, 0.3) is 5.91 Å². The van der Waals surface area contributed by atoms with E-state index in [1.807, 2.05) is 31.2 Å². The van der Waals surface area contributed by atoms with Crippen molar-refractivity contribution in [3.63, 3.8) is 0 Å². The van der Waals surface area contributed by atoms with Crippen molar-refractivity contribution in [1.82, 2.24) is 5.43 Å². The van der Waals surface area contributed by atoms with Gasteiger partial charge in [-0.25, -0.2) is 13.8 Å². The Bertz CT molecular complexity index is 792. The molecule has 0 atom stereocenters. The maximum Gasteiger partial charge on any atom is 0.271 e. The minimum atomic E-state index is -3.26. The van der Waals surface area contributed by atoms with Crippen LogP contribution in [-0.4, -0.2) is 26.8 Å². The second kappa shape index (κ2) is 6.53. The minimum Gasteiger partial charge on any atom is -0.267 e. The quantitative estimate of drug-likeness (QED) is 0.694. The molecule has 114 valence electrons. The topological polar surface area (TPSA) is 75.6 Å². The summed E-state index contributed by atoms with van der Waals surface area (Å²) in [5.74, 6) is -0.400. The summed E-state index contributed by atoms with van der Waals surface area (Å²) in [4.78, 5) is 12.0. The van der Waals surface area contributed by atoms with Crippen LogP contribution in [0.25, 0.3) is 0 Å². The maximum atomic E-state index is 11.9. The van der Waals surface area contributed by atoms with Gasteiger partial charge < -0.3 is 0 Å². The summed E-state index contributed by atoms with van der Waals surface area (Å²) in [6.45, 7) is 1.99. The maximum absolute atomic E-state index is 11.9. The molecule has 0 spiro atoms. The summed E-state index contributed by atoms with van der Waals surface area (Å²) < 4.78 is 22.7. The zero-order chi connectivity index (χ0) is 16.2. The zero-order valence-electron chi connectivity index (χ0n) is 12.3. The number of sulfone groups is 1. The SMILES string of the molecule is Cc1ccc(/C=N/NC(=O)c2ccc(S(C)(=O)=O)cc2)cc1. The fourth-order valence-corrected chi connectivity index (χ4v) is 2.37. The summed E-state index contributed by atoms with van der Waals surface area (Å²) in [7, 11) is -3.26. The fraction of sp³-hybridized carbons (Fsp3) is 0.125. The smallest absolute Gasteiger partial charge is 0.267 e. The Morgan fingerprint density at radius 3 is 2.18 bits per heavy atom. The molecular weight excluding hydrogens is 300 g/mol. The Balaban J connectivity index is 2.02. The Labute approximate surface area is 129 Å². The summed E-state index contributed by atoms with van der Waals surface area (Å²) in [5.41, 5.74) is 4.76. The van der Waals surface area contributed by atoms with E-state index in [2.05, 4.69) is 10.5 Å². The van der Waals surface area contributed by atoms with E-state index in [9.17, 15) is 13.2 Å². The van der Waals surface area contributed by atoms with Crippen LogP contribution in [0, 0.1) is 6.92 Å². The molecule has 0 heterocycles. The molecule has 2 rings (SSSR count). The molecular formula is C16H16N2O3S. The molecule has 1 amide bonds. The molecule has 2 aromatic carbocycles. The van der Waals surface area contributed by atoms with Crippen LogP contribution in [0.1, 0.15) is 21.5 Å². The molecule has 0 aliphatic heterocycles. The number of rotatable bonds is 4. The van der Waals surface area contributed by atoms with Crippen LogP contribution >= 0.6 is 0 Å². The highest BCUT2D eigenvalue weighted by molar-refractivity contribution is 7.90. The molecule has 0 aromatic heterocycles. The van der Waals surface area contributed by atoms with Gasteiger partial charge in [-0.3, -0.25) is 4.79 Å². The first kappa shape index (κ1) is 15.9. The molecule has 1 N–H and O–H groups in total. The van der Waals surface area contributed by atoms with E-state index < -0.39 is 15.7 Å². The minimum absolute atomic E-state index is 0.173. The van der Waals surface area contributed by atoms with Crippen molar-refractivity contribution in [2.45, 2.75) is 11.8 Å². The highest BCUT2D eigenvalue weighted by atomic mass is 32.2. The van der Waals surface area contributed by atoms with E-state index >= 15 is 0 Å². The van der Waals surface area contributed by atoms with E-state index in [0.717, 1.165) is 17.4 Å². The fourth-order valence-electron chi connectivity index (χ4n) is 1.74. The third-order valence-corrected chi connectivity index (χ3v) is 4.13. The number of nitrogens with one attached hydrogen (secondary N) is 1. The lowest BCUT2D eigenvalue weighted by atomic mass is 10.2. The molecule has 0 unspecified atom stereocenters. The van der Waals surface area contributed by atoms with Gasteiger partial charge >= 0.3 is 0 Å². The van der Waals surface area contributed by atoms with Gasteiger partial charge in [0.2, 0.25) is 0 Å². The van der Waals surface area contributed by atoms with Gasteiger partial charge in [0.05, 0.1) is 11.1 Å². The molecule has 0 aliphatic rings. The van der Waals surface area contributed by atoms with Gasteiger partial charge in [-0.15, -0.1) is 0 Å². The van der Waals surface area contributed by atoms with Crippen LogP contribution in [0.5, 0.6) is 0 Å². The first-order chi connectivity index (χ1) is 10.4. The molecule has 0 saturated heterocycles. The molecule has 0 aliphatic carbocycles. The third kappa shape index (κ3) is 4.26. The van der Waals surface area contributed by atoms with Crippen molar-refractivity contribution in [2.75, 3.05) is 6.26 Å². The number of aryl methyl sites for hydroxylation is 1. The Hall–Kier alpha value is -2.47. The molecule has 0 bridgehead atoms. The highest BCUT2D eigenvalue weighted by Crippen LogP contribution is 2.10. The first-order valence-corrected chi connectivity index (χ1v) is 8.45. The lowest BCUT2D eigenvalue weighted by Crippen LogP contribution is -2.17. The van der Waals surface area contributed by atoms with Gasteiger partial charge in [0.1, 0.15) is 0 Å². The number of hydrogen-bond acceptors (Lipinski definition) is 4. The third-order valence-electron chi connectivity index (χ3n) is 3.00. The highest BCUT2D eigenvalue weighted by Gasteiger charge is 2.09. The Morgan fingerprint density at radius 2 is 1.64 bits per heavy atom. The Morgan fingerprint density at radius 1 is 1.05 bits per heavy atom. The monoisotopic (exact) mass is 316 g/mol. The van der Waals surface area contributed by atoms with Gasteiger partial charge in [0, 0.05) is 11.8 Å². The van der Waals surface area contributed by atoms with Crippen LogP contribution in [0.2, 0.25) is 0 Å². The van der Waals surface area contributed by atoms with Gasteiger partial charge in [-0.1, -0.05) is 29.8 Å². The second-order valence-corrected chi connectivity index (χ2v) is 6.92. The molecule has 22 heavy (non-hydrogen) atoms. The van der Waals surface area contributed by atoms with E-state index in [1.54, 1.807) is 6.21 Å². The van der Waals surface area contributed by atoms with E-state index in [0.29, 0.717) is 5.56 Å². The zero-order valence-corrected chi connectivity index (χ0v) is 13.1. The van der Waals surface area contributed by atoms with Crippen LogP contribution < -0.4 is 5.43 Å². The summed E-state index contributed by atoms with van der Waals surface area (Å²) in [6.07, 6.45) is 2.66. The van der Waals surface area contributed by atoms with Crippen LogP contribution in [0.4, 0.5) is 0 Å². The number of hydrogen-bond donors (Lipinski definition) is 1. The molecule has 0 fully saturated rings. The predicted octanol–water partition coefficient (Wildman–Crippen LogP) is 2.16. The van der Waals surface area contributed by atoms with Crippen molar-refractivity contribution in [1.29, 1.82) is 0 Å². The summed E-state index contributed by atoms with van der Waals surface area (Å²) in [6, 6.07) is 13.4. The van der Waals surface area contributed by atoms with Crippen molar-refractivity contribution in [3.8, 4) is 0 Å². The van der Waals surface area contributed by atoms with E-state index in [4.69, 9.17) is 0 Å². The molecule has 0 radical (unpaired) electrons. The lowest BCUT2D eigenvalue weighted by molar-refractivity contribution is 0.0955.